The summed E-state index contributed by atoms with van der Waals surface area (Å²) in [5.41, 5.74) is 5.04. The summed E-state index contributed by atoms with van der Waals surface area (Å²) < 4.78 is 15.5. The Labute approximate surface area is 210 Å². The van der Waals surface area contributed by atoms with Crippen LogP contribution in [0.2, 0.25) is 0 Å². The highest BCUT2D eigenvalue weighted by Crippen LogP contribution is 2.25. The molecule has 0 bridgehead atoms. The maximum Gasteiger partial charge on any atom is 0.513 e. The second-order valence-electron chi connectivity index (χ2n) is 8.18. The van der Waals surface area contributed by atoms with E-state index >= 15 is 0 Å². The summed E-state index contributed by atoms with van der Waals surface area (Å²) in [6.45, 7) is 8.05. The van der Waals surface area contributed by atoms with Crippen molar-refractivity contribution in [2.75, 3.05) is 18.5 Å². The standard InChI is InChI=1S/C28H30N2O6/c1-5-34-28(33)36-24-14-10-22(11-15-24)27(32)29-16-21-8-12-23(13-9-21)30-25(31)17-35-26-19(3)7-6-18(2)20(26)4/h6-15H,5,16-17H2,1-4H3,(H,29,32)(H,30,31). The smallest absolute Gasteiger partial charge is 0.483 e. The molecule has 2 amide bonds. The molecular weight excluding hydrogens is 460 g/mol. The SMILES string of the molecule is CCOC(=O)Oc1ccc(C(=O)NCc2ccc(NC(=O)COc3c(C)ccc(C)c3C)cc2)cc1. The van der Waals surface area contributed by atoms with Gasteiger partial charge < -0.3 is 24.8 Å². The fraction of sp³-hybridized carbons (Fsp3) is 0.250. The Morgan fingerprint density at radius 1 is 0.833 bits per heavy atom. The van der Waals surface area contributed by atoms with E-state index in [0.717, 1.165) is 28.0 Å². The molecule has 0 aliphatic carbocycles. The van der Waals surface area contributed by atoms with Crippen LogP contribution in [0, 0.1) is 20.8 Å². The van der Waals surface area contributed by atoms with Crippen LogP contribution in [0.4, 0.5) is 10.5 Å². The normalized spacial score (nSPS) is 10.3. The van der Waals surface area contributed by atoms with Gasteiger partial charge in [-0.05, 0) is 86.3 Å². The molecule has 0 aromatic heterocycles. The molecule has 0 atom stereocenters. The highest BCUT2D eigenvalue weighted by atomic mass is 16.7. The summed E-state index contributed by atoms with van der Waals surface area (Å²) in [5, 5.41) is 5.65. The van der Waals surface area contributed by atoms with Gasteiger partial charge >= 0.3 is 6.16 Å². The molecule has 188 valence electrons. The van der Waals surface area contributed by atoms with Gasteiger partial charge in [-0.15, -0.1) is 0 Å². The van der Waals surface area contributed by atoms with Crippen LogP contribution < -0.4 is 20.1 Å². The monoisotopic (exact) mass is 490 g/mol. The lowest BCUT2D eigenvalue weighted by atomic mass is 10.1. The van der Waals surface area contributed by atoms with Crippen molar-refractivity contribution in [3.8, 4) is 11.5 Å². The molecule has 36 heavy (non-hydrogen) atoms. The summed E-state index contributed by atoms with van der Waals surface area (Å²) >= 11 is 0. The number of hydrogen-bond acceptors (Lipinski definition) is 6. The van der Waals surface area contributed by atoms with Crippen molar-refractivity contribution in [2.24, 2.45) is 0 Å². The molecule has 2 N–H and O–H groups in total. The molecule has 0 spiro atoms. The highest BCUT2D eigenvalue weighted by molar-refractivity contribution is 5.94. The van der Waals surface area contributed by atoms with Crippen LogP contribution in [0.25, 0.3) is 0 Å². The number of hydrogen-bond donors (Lipinski definition) is 2. The van der Waals surface area contributed by atoms with Crippen LogP contribution in [0.15, 0.2) is 60.7 Å². The second kappa shape index (κ2) is 12.4. The van der Waals surface area contributed by atoms with Gasteiger partial charge in [0.05, 0.1) is 6.61 Å². The Morgan fingerprint density at radius 2 is 1.50 bits per heavy atom. The van der Waals surface area contributed by atoms with Gasteiger partial charge in [0.15, 0.2) is 6.61 Å². The van der Waals surface area contributed by atoms with Crippen LogP contribution in [0.5, 0.6) is 11.5 Å². The number of benzene rings is 3. The van der Waals surface area contributed by atoms with Gasteiger partial charge in [0.2, 0.25) is 0 Å². The summed E-state index contributed by atoms with van der Waals surface area (Å²) in [6.07, 6.45) is -0.793. The Morgan fingerprint density at radius 3 is 2.17 bits per heavy atom. The molecule has 0 radical (unpaired) electrons. The van der Waals surface area contributed by atoms with Crippen molar-refractivity contribution < 1.29 is 28.6 Å². The summed E-state index contributed by atoms with van der Waals surface area (Å²) in [7, 11) is 0. The Hall–Kier alpha value is -4.33. The van der Waals surface area contributed by atoms with E-state index in [1.54, 1.807) is 31.2 Å². The molecule has 0 aliphatic rings. The maximum absolute atomic E-state index is 12.4. The number of aryl methyl sites for hydroxylation is 2. The largest absolute Gasteiger partial charge is 0.513 e. The number of carbonyl (C=O) groups is 3. The third kappa shape index (κ3) is 7.33. The average Bonchev–Trinajstić information content (AvgIpc) is 2.86. The minimum Gasteiger partial charge on any atom is -0.483 e. The van der Waals surface area contributed by atoms with Gasteiger partial charge in [0.1, 0.15) is 11.5 Å². The third-order valence-electron chi connectivity index (χ3n) is 5.49. The van der Waals surface area contributed by atoms with Crippen molar-refractivity contribution in [1.82, 2.24) is 5.32 Å². The molecule has 0 saturated carbocycles. The topological polar surface area (TPSA) is 103 Å². The van der Waals surface area contributed by atoms with Gasteiger partial charge in [0, 0.05) is 17.8 Å². The number of amides is 2. The minimum absolute atomic E-state index is 0.0907. The molecule has 0 fully saturated rings. The predicted octanol–water partition coefficient (Wildman–Crippen LogP) is 5.09. The number of anilines is 1. The minimum atomic E-state index is -0.793. The highest BCUT2D eigenvalue weighted by Gasteiger charge is 2.11. The lowest BCUT2D eigenvalue weighted by molar-refractivity contribution is -0.118. The van der Waals surface area contributed by atoms with E-state index < -0.39 is 6.16 Å². The quantitative estimate of drug-likeness (QED) is 0.320. The lowest BCUT2D eigenvalue weighted by Gasteiger charge is -2.14. The first-order valence-electron chi connectivity index (χ1n) is 11.6. The molecule has 3 rings (SSSR count). The van der Waals surface area contributed by atoms with Gasteiger partial charge in [-0.25, -0.2) is 4.79 Å². The summed E-state index contributed by atoms with van der Waals surface area (Å²) in [6, 6.07) is 17.3. The van der Waals surface area contributed by atoms with E-state index in [2.05, 4.69) is 10.6 Å². The molecule has 8 nitrogen and oxygen atoms in total. The number of rotatable bonds is 9. The second-order valence-corrected chi connectivity index (χ2v) is 8.18. The fourth-order valence-electron chi connectivity index (χ4n) is 3.39. The predicted molar refractivity (Wildman–Crippen MR) is 136 cm³/mol. The Bertz CT molecular complexity index is 1220. The van der Waals surface area contributed by atoms with E-state index in [-0.39, 0.29) is 30.8 Å². The molecule has 0 saturated heterocycles. The first kappa shape index (κ1) is 26.3. The van der Waals surface area contributed by atoms with Gasteiger partial charge in [-0.2, -0.15) is 0 Å². The van der Waals surface area contributed by atoms with Gasteiger partial charge in [0.25, 0.3) is 11.8 Å². The van der Waals surface area contributed by atoms with Crippen molar-refractivity contribution in [1.29, 1.82) is 0 Å². The van der Waals surface area contributed by atoms with Crippen LogP contribution in [-0.4, -0.2) is 31.2 Å². The fourth-order valence-corrected chi connectivity index (χ4v) is 3.39. The zero-order valence-electron chi connectivity index (χ0n) is 20.8. The summed E-state index contributed by atoms with van der Waals surface area (Å²) in [5.74, 6) is 0.496. The van der Waals surface area contributed by atoms with E-state index in [9.17, 15) is 14.4 Å². The van der Waals surface area contributed by atoms with E-state index in [4.69, 9.17) is 14.2 Å². The maximum atomic E-state index is 12.4. The van der Waals surface area contributed by atoms with Crippen LogP contribution in [0.3, 0.4) is 0 Å². The third-order valence-corrected chi connectivity index (χ3v) is 5.49. The average molecular weight is 491 g/mol. The molecule has 3 aromatic carbocycles. The van der Waals surface area contributed by atoms with Gasteiger partial charge in [-0.1, -0.05) is 24.3 Å². The summed E-state index contributed by atoms with van der Waals surface area (Å²) in [4.78, 5) is 36.1. The van der Waals surface area contributed by atoms with Gasteiger partial charge in [-0.3, -0.25) is 9.59 Å². The molecule has 8 heteroatoms. The van der Waals surface area contributed by atoms with Crippen molar-refractivity contribution in [3.63, 3.8) is 0 Å². The molecule has 0 heterocycles. The molecule has 0 unspecified atom stereocenters. The molecule has 0 aliphatic heterocycles. The number of carbonyl (C=O) groups excluding carboxylic acids is 3. The van der Waals surface area contributed by atoms with Crippen LogP contribution in [0.1, 0.15) is 39.5 Å². The number of ether oxygens (including phenoxy) is 3. The molecule has 3 aromatic rings. The first-order chi connectivity index (χ1) is 17.3. The molecular formula is C28H30N2O6. The lowest BCUT2D eigenvalue weighted by Crippen LogP contribution is -2.23. The van der Waals surface area contributed by atoms with Crippen molar-refractivity contribution in [3.05, 3.63) is 88.5 Å². The zero-order valence-corrected chi connectivity index (χ0v) is 20.8. The van der Waals surface area contributed by atoms with E-state index in [1.165, 1.54) is 12.1 Å². The van der Waals surface area contributed by atoms with Crippen LogP contribution >= 0.6 is 0 Å². The van der Waals surface area contributed by atoms with Crippen molar-refractivity contribution >= 4 is 23.7 Å². The Balaban J connectivity index is 1.46. The van der Waals surface area contributed by atoms with E-state index in [0.29, 0.717) is 17.8 Å². The van der Waals surface area contributed by atoms with E-state index in [1.807, 2.05) is 45.0 Å². The zero-order chi connectivity index (χ0) is 26.1. The van der Waals surface area contributed by atoms with Crippen LogP contribution in [-0.2, 0) is 16.1 Å². The number of nitrogens with one attached hydrogen (secondary N) is 2. The Kier molecular flexibility index (Phi) is 9.05. The first-order valence-corrected chi connectivity index (χ1v) is 11.6. The van der Waals surface area contributed by atoms with Crippen molar-refractivity contribution in [2.45, 2.75) is 34.2 Å².